The van der Waals surface area contributed by atoms with Gasteiger partial charge in [0.25, 0.3) is 5.91 Å². The fraction of sp³-hybridized carbons (Fsp3) is 0.250. The molecule has 0 aliphatic carbocycles. The highest BCUT2D eigenvalue weighted by Crippen LogP contribution is 2.24. The van der Waals surface area contributed by atoms with Crippen molar-refractivity contribution in [1.82, 2.24) is 4.90 Å². The van der Waals surface area contributed by atoms with E-state index >= 15 is 0 Å². The number of hydrogen-bond acceptors (Lipinski definition) is 3. The summed E-state index contributed by atoms with van der Waals surface area (Å²) in [6, 6.07) is 8.41. The van der Waals surface area contributed by atoms with Gasteiger partial charge in [0.1, 0.15) is 11.6 Å². The lowest BCUT2D eigenvalue weighted by Crippen LogP contribution is -2.40. The van der Waals surface area contributed by atoms with Gasteiger partial charge in [-0.15, -0.1) is 0 Å². The number of Topliss-reactive ketones (excluding diaryl/α,β-unsaturated/α-hetero) is 1. The van der Waals surface area contributed by atoms with Crippen LogP contribution in [0.4, 0.5) is 8.78 Å². The first-order valence-corrected chi connectivity index (χ1v) is 8.48. The molecule has 1 aliphatic heterocycles. The van der Waals surface area contributed by atoms with E-state index in [4.69, 9.17) is 5.11 Å². The Kier molecular flexibility index (Phi) is 5.30. The number of carbonyl (C=O) groups excluding carboxylic acids is 2. The lowest BCUT2D eigenvalue weighted by molar-refractivity contribution is 0.0648. The van der Waals surface area contributed by atoms with E-state index in [1.807, 2.05) is 0 Å². The summed E-state index contributed by atoms with van der Waals surface area (Å²) in [5, 5.41) is 8.90. The minimum absolute atomic E-state index is 0.0907. The van der Waals surface area contributed by atoms with Crippen molar-refractivity contribution in [3.05, 3.63) is 70.8 Å². The molecule has 0 unspecified atom stereocenters. The summed E-state index contributed by atoms with van der Waals surface area (Å²) in [6.45, 7) is 0.625. The van der Waals surface area contributed by atoms with Gasteiger partial charge in [-0.2, -0.15) is 0 Å². The second-order valence-electron chi connectivity index (χ2n) is 6.44. The first-order valence-electron chi connectivity index (χ1n) is 8.48. The fourth-order valence-corrected chi connectivity index (χ4v) is 3.19. The molecule has 27 heavy (non-hydrogen) atoms. The van der Waals surface area contributed by atoms with Crippen molar-refractivity contribution in [3.8, 4) is 0 Å². The number of carboxylic acid groups (broad SMARTS) is 1. The predicted molar refractivity (Wildman–Crippen MR) is 92.7 cm³/mol. The monoisotopic (exact) mass is 373 g/mol. The Morgan fingerprint density at radius 3 is 2.11 bits per heavy atom. The maximum Gasteiger partial charge on any atom is 0.335 e. The number of halogens is 2. The molecule has 0 bridgehead atoms. The van der Waals surface area contributed by atoms with Gasteiger partial charge in [0.05, 0.1) is 11.1 Å². The van der Waals surface area contributed by atoms with Crippen molar-refractivity contribution in [1.29, 1.82) is 0 Å². The van der Waals surface area contributed by atoms with E-state index in [1.54, 1.807) is 4.90 Å². The number of ketones is 1. The van der Waals surface area contributed by atoms with Gasteiger partial charge < -0.3 is 10.0 Å². The van der Waals surface area contributed by atoms with Crippen LogP contribution in [0.1, 0.15) is 43.9 Å². The van der Waals surface area contributed by atoms with E-state index in [2.05, 4.69) is 0 Å². The summed E-state index contributed by atoms with van der Waals surface area (Å²) in [4.78, 5) is 37.4. The summed E-state index contributed by atoms with van der Waals surface area (Å²) >= 11 is 0. The Hall–Kier alpha value is -3.09. The molecule has 7 heteroatoms. The molecular weight excluding hydrogens is 356 g/mol. The second-order valence-corrected chi connectivity index (χ2v) is 6.44. The zero-order chi connectivity index (χ0) is 19.6. The maximum absolute atomic E-state index is 13.8. The van der Waals surface area contributed by atoms with Gasteiger partial charge in [0.15, 0.2) is 5.78 Å². The highest BCUT2D eigenvalue weighted by atomic mass is 19.1. The van der Waals surface area contributed by atoms with E-state index in [9.17, 15) is 23.2 Å². The first kappa shape index (κ1) is 18.7. The van der Waals surface area contributed by atoms with Crippen molar-refractivity contribution in [2.24, 2.45) is 5.92 Å². The molecule has 1 fully saturated rings. The highest BCUT2D eigenvalue weighted by Gasteiger charge is 2.29. The Bertz CT molecular complexity index is 887. The summed E-state index contributed by atoms with van der Waals surface area (Å²) in [5.74, 6) is -3.67. The number of carboxylic acids is 1. The minimum Gasteiger partial charge on any atom is -0.478 e. The lowest BCUT2D eigenvalue weighted by atomic mass is 9.88. The predicted octanol–water partition coefficient (Wildman–Crippen LogP) is 3.40. The number of hydrogen-bond donors (Lipinski definition) is 1. The van der Waals surface area contributed by atoms with Gasteiger partial charge in [-0.3, -0.25) is 9.59 Å². The second kappa shape index (κ2) is 7.65. The number of piperidine rings is 1. The Labute approximate surface area is 154 Å². The zero-order valence-corrected chi connectivity index (χ0v) is 14.3. The van der Waals surface area contributed by atoms with Crippen molar-refractivity contribution < 1.29 is 28.3 Å². The van der Waals surface area contributed by atoms with Crippen molar-refractivity contribution >= 4 is 17.7 Å². The first-order chi connectivity index (χ1) is 12.9. The van der Waals surface area contributed by atoms with Crippen LogP contribution in [0.2, 0.25) is 0 Å². The van der Waals surface area contributed by atoms with Crippen LogP contribution >= 0.6 is 0 Å². The topological polar surface area (TPSA) is 74.7 Å². The molecule has 0 atom stereocenters. The van der Waals surface area contributed by atoms with Crippen molar-refractivity contribution in [2.75, 3.05) is 13.1 Å². The molecule has 1 N–H and O–H groups in total. The third-order valence-electron chi connectivity index (χ3n) is 4.73. The highest BCUT2D eigenvalue weighted by molar-refractivity contribution is 5.99. The summed E-state index contributed by atoms with van der Waals surface area (Å²) in [5.41, 5.74) is 0.193. The van der Waals surface area contributed by atoms with Gasteiger partial charge in [0, 0.05) is 24.6 Å². The van der Waals surface area contributed by atoms with Crippen LogP contribution in [0.5, 0.6) is 0 Å². The van der Waals surface area contributed by atoms with Gasteiger partial charge in [-0.1, -0.05) is 0 Å². The van der Waals surface area contributed by atoms with E-state index in [0.717, 1.165) is 18.2 Å². The van der Waals surface area contributed by atoms with Gasteiger partial charge >= 0.3 is 5.97 Å². The molecule has 5 nitrogen and oxygen atoms in total. The third kappa shape index (κ3) is 4.02. The fourth-order valence-electron chi connectivity index (χ4n) is 3.19. The number of nitrogens with zero attached hydrogens (tertiary/aromatic N) is 1. The normalized spacial score (nSPS) is 14.8. The molecule has 2 aromatic rings. The van der Waals surface area contributed by atoms with E-state index in [1.165, 1.54) is 24.3 Å². The van der Waals surface area contributed by atoms with Crippen molar-refractivity contribution in [2.45, 2.75) is 12.8 Å². The smallest absolute Gasteiger partial charge is 0.335 e. The molecule has 1 amide bonds. The van der Waals surface area contributed by atoms with Crippen LogP contribution in [0.15, 0.2) is 42.5 Å². The Morgan fingerprint density at radius 2 is 1.52 bits per heavy atom. The number of amides is 1. The SMILES string of the molecule is O=C(O)c1ccc(C(=O)N2CCC(C(=O)c3cc(F)ccc3F)CC2)cc1. The number of aromatic carboxylic acids is 1. The molecule has 0 spiro atoms. The van der Waals surface area contributed by atoms with Gasteiger partial charge in [-0.25, -0.2) is 13.6 Å². The third-order valence-corrected chi connectivity index (χ3v) is 4.73. The standard InChI is InChI=1S/C20H17F2NO4/c21-15-5-6-17(22)16(11-15)18(24)12-7-9-23(10-8-12)19(25)13-1-3-14(4-2-13)20(26)27/h1-6,11-12H,7-10H2,(H,26,27). The molecule has 0 saturated carbocycles. The molecule has 2 aromatic carbocycles. The Morgan fingerprint density at radius 1 is 0.926 bits per heavy atom. The van der Waals surface area contributed by atoms with E-state index < -0.39 is 29.3 Å². The molecule has 0 aromatic heterocycles. The number of carbonyl (C=O) groups is 3. The van der Waals surface area contributed by atoms with Crippen molar-refractivity contribution in [3.63, 3.8) is 0 Å². The number of benzene rings is 2. The lowest BCUT2D eigenvalue weighted by Gasteiger charge is -2.31. The van der Waals surface area contributed by atoms with Crippen LogP contribution in [-0.2, 0) is 0 Å². The summed E-state index contributed by atoms with van der Waals surface area (Å²) in [7, 11) is 0. The van der Waals surface area contributed by atoms with Crippen LogP contribution in [0.3, 0.4) is 0 Å². The summed E-state index contributed by atoms with van der Waals surface area (Å²) in [6.07, 6.45) is 0.710. The molecule has 1 aliphatic rings. The minimum atomic E-state index is -1.07. The Balaban J connectivity index is 1.64. The van der Waals surface area contributed by atoms with Crippen LogP contribution in [-0.4, -0.2) is 40.8 Å². The molecule has 1 heterocycles. The molecule has 0 radical (unpaired) electrons. The summed E-state index contributed by atoms with van der Waals surface area (Å²) < 4.78 is 27.1. The zero-order valence-electron chi connectivity index (χ0n) is 14.3. The number of likely N-dealkylation sites (tertiary alicyclic amines) is 1. The maximum atomic E-state index is 13.8. The van der Waals surface area contributed by atoms with E-state index in [-0.39, 0.29) is 17.0 Å². The quantitative estimate of drug-likeness (QED) is 0.834. The van der Waals surface area contributed by atoms with Crippen LogP contribution < -0.4 is 0 Å². The van der Waals surface area contributed by atoms with Crippen LogP contribution in [0.25, 0.3) is 0 Å². The van der Waals surface area contributed by atoms with Crippen LogP contribution in [0, 0.1) is 17.6 Å². The average molecular weight is 373 g/mol. The van der Waals surface area contributed by atoms with Gasteiger partial charge in [-0.05, 0) is 55.3 Å². The molecule has 140 valence electrons. The van der Waals surface area contributed by atoms with E-state index in [0.29, 0.717) is 31.5 Å². The number of rotatable bonds is 4. The molecule has 1 saturated heterocycles. The van der Waals surface area contributed by atoms with Gasteiger partial charge in [0.2, 0.25) is 0 Å². The largest absolute Gasteiger partial charge is 0.478 e. The molecule has 3 rings (SSSR count). The average Bonchev–Trinajstić information content (AvgIpc) is 2.69. The molecular formula is C20H17F2NO4.